The molecule has 0 heterocycles. The van der Waals surface area contributed by atoms with Crippen LogP contribution in [0.3, 0.4) is 0 Å². The van der Waals surface area contributed by atoms with Crippen LogP contribution in [-0.2, 0) is 71.1 Å². The molecule has 0 fully saturated rings. The monoisotopic (exact) mass is 736 g/mol. The number of carboxylic acid groups (broad SMARTS) is 1. The Morgan fingerprint density at radius 3 is 0.620 bits per heavy atom. The van der Waals surface area contributed by atoms with E-state index in [0.717, 1.165) is 0 Å². The quantitative estimate of drug-likeness (QED) is 0.0527. The van der Waals surface area contributed by atoms with E-state index in [1.807, 2.05) is 0 Å². The fourth-order valence-corrected chi connectivity index (χ4v) is 3.31. The van der Waals surface area contributed by atoms with Crippen LogP contribution in [0.5, 0.6) is 0 Å². The van der Waals surface area contributed by atoms with Crippen LogP contribution in [0.4, 0.5) is 0 Å². The summed E-state index contributed by atoms with van der Waals surface area (Å²) in [6, 6.07) is 0. The minimum Gasteiger partial charge on any atom is -0.481 e. The lowest BCUT2D eigenvalue weighted by Crippen LogP contribution is -2.16. The number of rotatable bonds is 45. The van der Waals surface area contributed by atoms with Gasteiger partial charge in [-0.2, -0.15) is 0 Å². The smallest absolute Gasteiger partial charge is 0.305 e. The van der Waals surface area contributed by atoms with Gasteiger partial charge in [0.15, 0.2) is 6.29 Å². The topological polar surface area (TPSA) is 207 Å². The Kier molecular flexibility index (Phi) is 43.0. The first-order valence-corrected chi connectivity index (χ1v) is 17.3. The normalized spacial score (nSPS) is 11.7. The molecule has 3 N–H and O–H groups in total. The van der Waals surface area contributed by atoms with Gasteiger partial charge in [0.1, 0.15) is 0 Å². The van der Waals surface area contributed by atoms with Crippen molar-refractivity contribution in [3.63, 3.8) is 0 Å². The Morgan fingerprint density at radius 1 is 0.300 bits per heavy atom. The Bertz CT molecular complexity index is 648. The molecule has 0 aromatic rings. The molecule has 0 atom stereocenters. The average Bonchev–Trinajstić information content (AvgIpc) is 3.10. The lowest BCUT2D eigenvalue weighted by atomic mass is 10.4. The molecule has 0 aliphatic carbocycles. The minimum atomic E-state index is -1.34. The maximum atomic E-state index is 10.3. The van der Waals surface area contributed by atoms with Crippen LogP contribution in [0, 0.1) is 0 Å². The summed E-state index contributed by atoms with van der Waals surface area (Å²) in [6.07, 6.45) is -1.16. The molecule has 0 aromatic carbocycles. The Balaban J connectivity index is 3.05. The van der Waals surface area contributed by atoms with Gasteiger partial charge in [0.25, 0.3) is 0 Å². The molecule has 0 unspecified atom stereocenters. The van der Waals surface area contributed by atoms with Gasteiger partial charge in [0, 0.05) is 6.42 Å². The fourth-order valence-electron chi connectivity index (χ4n) is 3.31. The van der Waals surface area contributed by atoms with Crippen molar-refractivity contribution in [2.75, 3.05) is 185 Å². The third-order valence-electron chi connectivity index (χ3n) is 5.82. The van der Waals surface area contributed by atoms with Crippen LogP contribution in [-0.4, -0.2) is 213 Å². The molecular formula is C32H64O18. The number of hydrogen-bond donors (Lipinski definition) is 3. The molecule has 0 aliphatic heterocycles. The van der Waals surface area contributed by atoms with Crippen LogP contribution in [0.15, 0.2) is 0 Å². The van der Waals surface area contributed by atoms with Crippen LogP contribution >= 0.6 is 0 Å². The summed E-state index contributed by atoms with van der Waals surface area (Å²) in [5.74, 6) is -0.878. The van der Waals surface area contributed by atoms with Gasteiger partial charge in [0.2, 0.25) is 0 Å². The molecule has 0 radical (unpaired) electrons. The van der Waals surface area contributed by atoms with Crippen molar-refractivity contribution in [2.45, 2.75) is 19.1 Å². The first kappa shape index (κ1) is 48.8. The van der Waals surface area contributed by atoms with Crippen molar-refractivity contribution in [1.82, 2.24) is 0 Å². The molecule has 0 aliphatic rings. The molecule has 18 heteroatoms. The lowest BCUT2D eigenvalue weighted by molar-refractivity contribution is -0.138. The summed E-state index contributed by atoms with van der Waals surface area (Å²) in [5.41, 5.74) is 0. The average molecular weight is 737 g/mol. The largest absolute Gasteiger partial charge is 0.481 e. The van der Waals surface area contributed by atoms with E-state index in [4.69, 9.17) is 81.6 Å². The molecule has 0 bridgehead atoms. The molecule has 0 spiro atoms. The van der Waals surface area contributed by atoms with Crippen molar-refractivity contribution < 1.29 is 86.4 Å². The zero-order valence-corrected chi connectivity index (χ0v) is 29.8. The second kappa shape index (κ2) is 44.0. The van der Waals surface area contributed by atoms with E-state index in [9.17, 15) is 4.79 Å². The van der Waals surface area contributed by atoms with Crippen LogP contribution in [0.2, 0.25) is 0 Å². The standard InChI is InChI=1S/C32H64O18/c33-31(34)1-3-37-5-7-39-9-11-41-13-15-43-17-19-45-21-23-47-25-27-49-29-30-50-28-26-48-24-22-46-20-18-44-16-14-42-12-10-40-8-6-38-4-2-32(35)36/h31,33-34H,1-30H2,(H,35,36). The highest BCUT2D eigenvalue weighted by Crippen LogP contribution is 1.90. The van der Waals surface area contributed by atoms with Crippen molar-refractivity contribution >= 4 is 5.97 Å². The fraction of sp³-hybridized carbons (Fsp3) is 0.969. The van der Waals surface area contributed by atoms with E-state index in [0.29, 0.717) is 172 Å². The highest BCUT2D eigenvalue weighted by molar-refractivity contribution is 5.66. The highest BCUT2D eigenvalue weighted by atomic mass is 16.6. The Labute approximate surface area is 296 Å². The summed E-state index contributed by atoms with van der Waals surface area (Å²) < 4.78 is 75.4. The van der Waals surface area contributed by atoms with Crippen LogP contribution < -0.4 is 0 Å². The van der Waals surface area contributed by atoms with E-state index in [1.54, 1.807) is 0 Å². The van der Waals surface area contributed by atoms with Gasteiger partial charge in [-0.05, 0) is 0 Å². The van der Waals surface area contributed by atoms with Gasteiger partial charge in [-0.3, -0.25) is 4.79 Å². The van der Waals surface area contributed by atoms with Gasteiger partial charge in [-0.25, -0.2) is 0 Å². The van der Waals surface area contributed by atoms with Gasteiger partial charge in [-0.1, -0.05) is 0 Å². The van der Waals surface area contributed by atoms with E-state index in [2.05, 4.69) is 0 Å². The van der Waals surface area contributed by atoms with Crippen molar-refractivity contribution in [1.29, 1.82) is 0 Å². The number of carbonyl (C=O) groups is 1. The maximum Gasteiger partial charge on any atom is 0.305 e. The maximum absolute atomic E-state index is 10.3. The molecule has 18 nitrogen and oxygen atoms in total. The summed E-state index contributed by atoms with van der Waals surface area (Å²) in [5, 5.41) is 25.9. The molecule has 0 saturated heterocycles. The van der Waals surface area contributed by atoms with E-state index < -0.39 is 12.3 Å². The highest BCUT2D eigenvalue weighted by Gasteiger charge is 1.99. The van der Waals surface area contributed by atoms with Gasteiger partial charge in [0.05, 0.1) is 191 Å². The number of hydrogen-bond acceptors (Lipinski definition) is 17. The van der Waals surface area contributed by atoms with Gasteiger partial charge < -0.3 is 81.6 Å². The zero-order valence-electron chi connectivity index (χ0n) is 29.8. The predicted molar refractivity (Wildman–Crippen MR) is 177 cm³/mol. The molecule has 0 aromatic heterocycles. The van der Waals surface area contributed by atoms with Crippen molar-refractivity contribution in [3.8, 4) is 0 Å². The number of carboxylic acids is 1. The summed E-state index contributed by atoms with van der Waals surface area (Å²) in [7, 11) is 0. The summed E-state index contributed by atoms with van der Waals surface area (Å²) in [6.45, 7) is 12.5. The molecule has 300 valence electrons. The molecule has 0 saturated carbocycles. The van der Waals surface area contributed by atoms with Crippen molar-refractivity contribution in [3.05, 3.63) is 0 Å². The van der Waals surface area contributed by atoms with Gasteiger partial charge >= 0.3 is 5.97 Å². The zero-order chi connectivity index (χ0) is 36.3. The van der Waals surface area contributed by atoms with Crippen LogP contribution in [0.1, 0.15) is 12.8 Å². The molecule has 0 amide bonds. The number of ether oxygens (including phenoxy) is 14. The number of aliphatic hydroxyl groups excluding tert-OH is 1. The Hall–Kier alpha value is -1.17. The Morgan fingerprint density at radius 2 is 0.460 bits per heavy atom. The SMILES string of the molecule is O=C(O)CCOCCOCCOCCOCCOCCOCCOCCOCCOCCOCCOCCOCCOCCOCCC(O)O. The van der Waals surface area contributed by atoms with Crippen molar-refractivity contribution in [2.24, 2.45) is 0 Å². The molecular weight excluding hydrogens is 672 g/mol. The lowest BCUT2D eigenvalue weighted by Gasteiger charge is -2.09. The van der Waals surface area contributed by atoms with E-state index >= 15 is 0 Å². The van der Waals surface area contributed by atoms with Gasteiger partial charge in [-0.15, -0.1) is 0 Å². The third kappa shape index (κ3) is 46.8. The first-order chi connectivity index (χ1) is 24.6. The molecule has 0 rings (SSSR count). The minimum absolute atomic E-state index is 0.00717. The second-order valence-electron chi connectivity index (χ2n) is 9.99. The number of aliphatic carboxylic acids is 1. The third-order valence-corrected chi connectivity index (χ3v) is 5.82. The summed E-state index contributed by atoms with van der Waals surface area (Å²) in [4.78, 5) is 10.3. The van der Waals surface area contributed by atoms with E-state index in [-0.39, 0.29) is 26.1 Å². The predicted octanol–water partition coefficient (Wildman–Crippen LogP) is -0.606. The number of aliphatic hydroxyl groups is 2. The summed E-state index contributed by atoms with van der Waals surface area (Å²) >= 11 is 0. The molecule has 50 heavy (non-hydrogen) atoms. The van der Waals surface area contributed by atoms with Crippen LogP contribution in [0.25, 0.3) is 0 Å². The second-order valence-corrected chi connectivity index (χ2v) is 9.99. The first-order valence-electron chi connectivity index (χ1n) is 17.3. The van der Waals surface area contributed by atoms with E-state index in [1.165, 1.54) is 0 Å².